The molecule has 1 fully saturated rings. The highest BCUT2D eigenvalue weighted by molar-refractivity contribution is 7.09. The lowest BCUT2D eigenvalue weighted by atomic mass is 9.93. The number of halogens is 2. The van der Waals surface area contributed by atoms with Gasteiger partial charge in [0.1, 0.15) is 5.01 Å². The van der Waals surface area contributed by atoms with Crippen LogP contribution in [0, 0.1) is 0 Å². The van der Waals surface area contributed by atoms with Crippen molar-refractivity contribution >= 4 is 42.1 Å². The molecule has 0 radical (unpaired) electrons. The fraction of sp³-hybridized carbons (Fsp3) is 0.714. The van der Waals surface area contributed by atoms with Gasteiger partial charge in [0.2, 0.25) is 5.91 Å². The normalized spacial score (nSPS) is 19.3. The van der Waals surface area contributed by atoms with Gasteiger partial charge >= 0.3 is 0 Å². The first-order valence-corrected chi connectivity index (χ1v) is 7.75. The van der Waals surface area contributed by atoms with E-state index in [1.54, 1.807) is 11.3 Å². The molecule has 0 aromatic carbocycles. The molecule has 0 aliphatic carbocycles. The molecule has 2 atom stereocenters. The van der Waals surface area contributed by atoms with Crippen molar-refractivity contribution in [1.29, 1.82) is 0 Å². The van der Waals surface area contributed by atoms with Crippen molar-refractivity contribution in [2.75, 3.05) is 6.54 Å². The van der Waals surface area contributed by atoms with E-state index < -0.39 is 0 Å². The van der Waals surface area contributed by atoms with Crippen LogP contribution in [0.15, 0.2) is 5.38 Å². The van der Waals surface area contributed by atoms with Crippen LogP contribution < -0.4 is 10.6 Å². The standard InChI is InChI=1S/C14H23N3OS.2ClH/c1-9(16-12(18)10-6-5-7-15-10)13-17-11(8-19-13)14(2,3)4;;/h8-10,15H,5-7H2,1-4H3,(H,16,18);2*1H. The smallest absolute Gasteiger partial charge is 0.237 e. The number of thiazole rings is 1. The lowest BCUT2D eigenvalue weighted by molar-refractivity contribution is -0.123. The average Bonchev–Trinajstić information content (AvgIpc) is 3.00. The Balaban J connectivity index is 0.00000200. The first-order chi connectivity index (χ1) is 8.88. The molecule has 2 rings (SSSR count). The summed E-state index contributed by atoms with van der Waals surface area (Å²) in [5, 5.41) is 9.33. The Hall–Kier alpha value is -0.360. The van der Waals surface area contributed by atoms with Crippen LogP contribution in [0.4, 0.5) is 0 Å². The van der Waals surface area contributed by atoms with Crippen LogP contribution in [0.5, 0.6) is 0 Å². The third-order valence-electron chi connectivity index (χ3n) is 3.40. The minimum Gasteiger partial charge on any atom is -0.346 e. The van der Waals surface area contributed by atoms with Gasteiger partial charge in [0.15, 0.2) is 0 Å². The number of hydrogen-bond donors (Lipinski definition) is 2. The molecule has 1 aromatic rings. The molecule has 21 heavy (non-hydrogen) atoms. The van der Waals surface area contributed by atoms with E-state index in [0.717, 1.165) is 30.1 Å². The van der Waals surface area contributed by atoms with E-state index in [1.165, 1.54) is 0 Å². The van der Waals surface area contributed by atoms with E-state index in [4.69, 9.17) is 0 Å². The van der Waals surface area contributed by atoms with Gasteiger partial charge in [0.05, 0.1) is 17.8 Å². The summed E-state index contributed by atoms with van der Waals surface area (Å²) in [6.45, 7) is 9.39. The maximum absolute atomic E-state index is 12.0. The van der Waals surface area contributed by atoms with Crippen LogP contribution in [0.2, 0.25) is 0 Å². The maximum Gasteiger partial charge on any atom is 0.237 e. The number of nitrogens with zero attached hydrogens (tertiary/aromatic N) is 1. The Labute approximate surface area is 143 Å². The summed E-state index contributed by atoms with van der Waals surface area (Å²) in [7, 11) is 0. The van der Waals surface area contributed by atoms with Gasteiger partial charge in [-0.05, 0) is 26.3 Å². The molecule has 2 N–H and O–H groups in total. The topological polar surface area (TPSA) is 54.0 Å². The Morgan fingerprint density at radius 2 is 2.14 bits per heavy atom. The summed E-state index contributed by atoms with van der Waals surface area (Å²) in [4.78, 5) is 16.7. The van der Waals surface area contributed by atoms with E-state index >= 15 is 0 Å². The van der Waals surface area contributed by atoms with Gasteiger partial charge in [-0.25, -0.2) is 4.98 Å². The van der Waals surface area contributed by atoms with Crippen molar-refractivity contribution in [2.24, 2.45) is 0 Å². The molecule has 7 heteroatoms. The van der Waals surface area contributed by atoms with Gasteiger partial charge in [-0.15, -0.1) is 36.2 Å². The Kier molecular flexibility index (Phi) is 8.18. The maximum atomic E-state index is 12.0. The summed E-state index contributed by atoms with van der Waals surface area (Å²) in [5.74, 6) is 0.0949. The first-order valence-electron chi connectivity index (χ1n) is 6.87. The minimum atomic E-state index is -0.0236. The van der Waals surface area contributed by atoms with Crippen molar-refractivity contribution in [2.45, 2.75) is 58.0 Å². The largest absolute Gasteiger partial charge is 0.346 e. The van der Waals surface area contributed by atoms with Crippen LogP contribution >= 0.6 is 36.2 Å². The minimum absolute atomic E-state index is 0. The zero-order valence-electron chi connectivity index (χ0n) is 12.9. The SMILES string of the molecule is CC(NC(=O)C1CCCN1)c1nc(C(C)(C)C)cs1.Cl.Cl. The van der Waals surface area contributed by atoms with Crippen LogP contribution in [-0.2, 0) is 10.2 Å². The van der Waals surface area contributed by atoms with Gasteiger partial charge in [0, 0.05) is 10.8 Å². The van der Waals surface area contributed by atoms with E-state index in [2.05, 4.69) is 41.8 Å². The van der Waals surface area contributed by atoms with Gasteiger partial charge in [-0.3, -0.25) is 4.79 Å². The molecular weight excluding hydrogens is 329 g/mol. The fourth-order valence-corrected chi connectivity index (χ4v) is 3.17. The average molecular weight is 354 g/mol. The summed E-state index contributed by atoms with van der Waals surface area (Å²) >= 11 is 1.62. The third-order valence-corrected chi connectivity index (χ3v) is 4.42. The molecule has 4 nitrogen and oxygen atoms in total. The highest BCUT2D eigenvalue weighted by Crippen LogP contribution is 2.26. The molecule has 1 amide bonds. The third kappa shape index (κ3) is 5.40. The summed E-state index contributed by atoms with van der Waals surface area (Å²) in [6.07, 6.45) is 2.02. The Bertz CT molecular complexity index is 453. The highest BCUT2D eigenvalue weighted by Gasteiger charge is 2.25. The van der Waals surface area contributed by atoms with Crippen molar-refractivity contribution in [1.82, 2.24) is 15.6 Å². The first kappa shape index (κ1) is 20.6. The predicted octanol–water partition coefficient (Wildman–Crippen LogP) is 3.21. The fourth-order valence-electron chi connectivity index (χ4n) is 2.12. The number of hydrogen-bond acceptors (Lipinski definition) is 4. The van der Waals surface area contributed by atoms with Crippen molar-refractivity contribution in [3.05, 3.63) is 16.1 Å². The highest BCUT2D eigenvalue weighted by atomic mass is 35.5. The van der Waals surface area contributed by atoms with E-state index in [1.807, 2.05) is 6.92 Å². The lowest BCUT2D eigenvalue weighted by Gasteiger charge is -2.16. The Morgan fingerprint density at radius 3 is 2.62 bits per heavy atom. The zero-order chi connectivity index (χ0) is 14.0. The van der Waals surface area contributed by atoms with Crippen molar-refractivity contribution in [3.63, 3.8) is 0 Å². The summed E-state index contributed by atoms with van der Waals surface area (Å²) in [6, 6.07) is -0.0412. The lowest BCUT2D eigenvalue weighted by Crippen LogP contribution is -2.41. The predicted molar refractivity (Wildman–Crippen MR) is 92.9 cm³/mol. The number of rotatable bonds is 3. The van der Waals surface area contributed by atoms with Crippen LogP contribution in [-0.4, -0.2) is 23.5 Å². The number of amides is 1. The Morgan fingerprint density at radius 1 is 1.48 bits per heavy atom. The monoisotopic (exact) mass is 353 g/mol. The number of carbonyl (C=O) groups is 1. The molecule has 0 spiro atoms. The van der Waals surface area contributed by atoms with Gasteiger partial charge < -0.3 is 10.6 Å². The van der Waals surface area contributed by atoms with E-state index in [-0.39, 0.29) is 48.2 Å². The van der Waals surface area contributed by atoms with Crippen LogP contribution in [0.25, 0.3) is 0 Å². The molecule has 122 valence electrons. The van der Waals surface area contributed by atoms with Crippen LogP contribution in [0.1, 0.15) is 57.3 Å². The molecular formula is C14H25Cl2N3OS. The van der Waals surface area contributed by atoms with Crippen molar-refractivity contribution in [3.8, 4) is 0 Å². The summed E-state index contributed by atoms with van der Waals surface area (Å²) in [5.41, 5.74) is 1.15. The number of aromatic nitrogens is 1. The van der Waals surface area contributed by atoms with Crippen LogP contribution in [0.3, 0.4) is 0 Å². The second-order valence-electron chi connectivity index (χ2n) is 6.20. The van der Waals surface area contributed by atoms with Gasteiger partial charge in [-0.1, -0.05) is 20.8 Å². The molecule has 1 aliphatic heterocycles. The van der Waals surface area contributed by atoms with E-state index in [0.29, 0.717) is 0 Å². The van der Waals surface area contributed by atoms with Gasteiger partial charge in [0.25, 0.3) is 0 Å². The molecule has 2 unspecified atom stereocenters. The van der Waals surface area contributed by atoms with Gasteiger partial charge in [-0.2, -0.15) is 0 Å². The molecule has 1 aliphatic rings. The number of carbonyl (C=O) groups excluding carboxylic acids is 1. The molecule has 1 saturated heterocycles. The summed E-state index contributed by atoms with van der Waals surface area (Å²) < 4.78 is 0. The second kappa shape index (κ2) is 8.32. The molecule has 2 heterocycles. The molecule has 1 aromatic heterocycles. The second-order valence-corrected chi connectivity index (χ2v) is 7.09. The van der Waals surface area contributed by atoms with E-state index in [9.17, 15) is 4.79 Å². The zero-order valence-corrected chi connectivity index (χ0v) is 15.4. The van der Waals surface area contributed by atoms with Crippen molar-refractivity contribution < 1.29 is 4.79 Å². The molecule has 0 saturated carbocycles. The number of nitrogens with one attached hydrogen (secondary N) is 2. The molecule has 0 bridgehead atoms. The quantitative estimate of drug-likeness (QED) is 0.876.